The Morgan fingerprint density at radius 3 is 2.63 bits per heavy atom. The van der Waals surface area contributed by atoms with Gasteiger partial charge in [-0.2, -0.15) is 0 Å². The van der Waals surface area contributed by atoms with E-state index in [1.165, 1.54) is 0 Å². The van der Waals surface area contributed by atoms with Crippen LogP contribution in [0, 0.1) is 0 Å². The van der Waals surface area contributed by atoms with Crippen molar-refractivity contribution in [3.8, 4) is 0 Å². The minimum atomic E-state index is -3.70. The van der Waals surface area contributed by atoms with Gasteiger partial charge < -0.3 is 14.9 Å². The van der Waals surface area contributed by atoms with Crippen LogP contribution in [0.25, 0.3) is 10.4 Å². The van der Waals surface area contributed by atoms with E-state index in [0.717, 1.165) is 23.3 Å². The first kappa shape index (κ1) is 21.0. The zero-order chi connectivity index (χ0) is 19.9. The number of amides is 1. The van der Waals surface area contributed by atoms with Gasteiger partial charge in [-0.3, -0.25) is 9.36 Å². The van der Waals surface area contributed by atoms with Crippen molar-refractivity contribution in [1.82, 2.24) is 4.90 Å². The Morgan fingerprint density at radius 2 is 2.00 bits per heavy atom. The third-order valence-electron chi connectivity index (χ3n) is 4.55. The standard InChI is InChI=1S/C17H23N4O5P/c18-20-19-14-10-15(17(23)24)21(11-14)16(22)12-27(25,26)9-5-4-8-13-6-2-1-3-7-13/h1-3,6-7,14-15H,4-5,8-12H2,(H,23,24)(H,25,26)/t14?,15-/m0/s1. The minimum absolute atomic E-state index is 0.0108. The van der Waals surface area contributed by atoms with Gasteiger partial charge >= 0.3 is 5.97 Å². The van der Waals surface area contributed by atoms with Gasteiger partial charge in [0.15, 0.2) is 0 Å². The number of rotatable bonds is 9. The van der Waals surface area contributed by atoms with Crippen LogP contribution in [0.1, 0.15) is 24.8 Å². The number of unbranched alkanes of at least 4 members (excludes halogenated alkanes) is 1. The fraction of sp³-hybridized carbons (Fsp3) is 0.529. The van der Waals surface area contributed by atoms with Gasteiger partial charge in [0.05, 0.1) is 6.04 Å². The van der Waals surface area contributed by atoms with Crippen molar-refractivity contribution in [2.45, 2.75) is 37.8 Å². The van der Waals surface area contributed by atoms with E-state index in [0.29, 0.717) is 6.42 Å². The first-order valence-electron chi connectivity index (χ1n) is 8.73. The Kier molecular flexibility index (Phi) is 7.42. The number of carboxylic acids is 1. The van der Waals surface area contributed by atoms with Crippen molar-refractivity contribution < 1.29 is 24.2 Å². The summed E-state index contributed by atoms with van der Waals surface area (Å²) in [4.78, 5) is 37.5. The molecule has 2 rings (SSSR count). The van der Waals surface area contributed by atoms with Crippen molar-refractivity contribution in [3.63, 3.8) is 0 Å². The van der Waals surface area contributed by atoms with Crippen LogP contribution in [0.4, 0.5) is 0 Å². The van der Waals surface area contributed by atoms with Crippen molar-refractivity contribution in [1.29, 1.82) is 0 Å². The molecule has 0 spiro atoms. The molecule has 0 aromatic heterocycles. The second-order valence-corrected chi connectivity index (χ2v) is 9.12. The Balaban J connectivity index is 1.85. The first-order chi connectivity index (χ1) is 12.8. The molecule has 146 valence electrons. The molecule has 2 N–H and O–H groups in total. The lowest BCUT2D eigenvalue weighted by Gasteiger charge is -2.22. The van der Waals surface area contributed by atoms with Gasteiger partial charge in [0.2, 0.25) is 13.3 Å². The molecule has 1 saturated heterocycles. The van der Waals surface area contributed by atoms with Crippen LogP contribution in [-0.2, 0) is 20.6 Å². The van der Waals surface area contributed by atoms with Crippen LogP contribution in [0.2, 0.25) is 0 Å². The number of carbonyl (C=O) groups is 2. The molecule has 1 amide bonds. The molecular weight excluding hydrogens is 371 g/mol. The van der Waals surface area contributed by atoms with Gasteiger partial charge in [-0.1, -0.05) is 35.4 Å². The average Bonchev–Trinajstić information content (AvgIpc) is 3.04. The van der Waals surface area contributed by atoms with E-state index in [4.69, 9.17) is 5.53 Å². The van der Waals surface area contributed by atoms with Crippen LogP contribution in [0.5, 0.6) is 0 Å². The lowest BCUT2D eigenvalue weighted by Crippen LogP contribution is -2.42. The number of aryl methyl sites for hydroxylation is 1. The molecule has 1 aromatic rings. The number of azide groups is 1. The normalized spacial score (nSPS) is 21.3. The molecule has 27 heavy (non-hydrogen) atoms. The Morgan fingerprint density at radius 1 is 1.30 bits per heavy atom. The third-order valence-corrected chi connectivity index (χ3v) is 6.33. The minimum Gasteiger partial charge on any atom is -0.480 e. The third kappa shape index (κ3) is 6.40. The highest BCUT2D eigenvalue weighted by atomic mass is 31.2. The first-order valence-corrected chi connectivity index (χ1v) is 10.8. The summed E-state index contributed by atoms with van der Waals surface area (Å²) in [5, 5.41) is 12.7. The molecule has 0 radical (unpaired) electrons. The summed E-state index contributed by atoms with van der Waals surface area (Å²) in [5.74, 6) is -1.90. The van der Waals surface area contributed by atoms with E-state index < -0.39 is 37.5 Å². The van der Waals surface area contributed by atoms with Gasteiger partial charge in [0.1, 0.15) is 12.2 Å². The highest BCUT2D eigenvalue weighted by Crippen LogP contribution is 2.42. The number of likely N-dealkylation sites (tertiary alicyclic amines) is 1. The molecule has 0 aliphatic carbocycles. The van der Waals surface area contributed by atoms with Gasteiger partial charge in [-0.05, 0) is 36.8 Å². The summed E-state index contributed by atoms with van der Waals surface area (Å²) in [7, 11) is -3.70. The topological polar surface area (TPSA) is 144 Å². The second kappa shape index (κ2) is 9.55. The van der Waals surface area contributed by atoms with Gasteiger partial charge in [-0.25, -0.2) is 4.79 Å². The van der Waals surface area contributed by atoms with Crippen molar-refractivity contribution in [3.05, 3.63) is 46.3 Å². The predicted molar refractivity (Wildman–Crippen MR) is 99.6 cm³/mol. The fourth-order valence-electron chi connectivity index (χ4n) is 3.19. The predicted octanol–water partition coefficient (Wildman–Crippen LogP) is 2.64. The zero-order valence-electron chi connectivity index (χ0n) is 14.8. The summed E-state index contributed by atoms with van der Waals surface area (Å²) in [6.07, 6.45) is 1.44. The van der Waals surface area contributed by atoms with Crippen molar-refractivity contribution in [2.75, 3.05) is 18.9 Å². The van der Waals surface area contributed by atoms with Gasteiger partial charge in [0.25, 0.3) is 0 Å². The molecule has 1 heterocycles. The zero-order valence-corrected chi connectivity index (χ0v) is 15.7. The van der Waals surface area contributed by atoms with Crippen LogP contribution in [0.15, 0.2) is 35.4 Å². The molecule has 1 aliphatic rings. The highest BCUT2D eigenvalue weighted by Gasteiger charge is 2.40. The number of benzene rings is 1. The van der Waals surface area contributed by atoms with Crippen LogP contribution >= 0.6 is 7.37 Å². The molecule has 2 unspecified atom stereocenters. The number of aliphatic carboxylic acids is 1. The maximum atomic E-state index is 12.4. The van der Waals surface area contributed by atoms with Crippen LogP contribution in [0.3, 0.4) is 0 Å². The van der Waals surface area contributed by atoms with Crippen molar-refractivity contribution in [2.24, 2.45) is 5.11 Å². The second-order valence-electron chi connectivity index (χ2n) is 6.67. The van der Waals surface area contributed by atoms with Crippen LogP contribution < -0.4 is 0 Å². The Hall–Kier alpha value is -2.34. The van der Waals surface area contributed by atoms with Crippen molar-refractivity contribution >= 4 is 19.2 Å². The molecule has 1 fully saturated rings. The van der Waals surface area contributed by atoms with E-state index in [9.17, 15) is 24.2 Å². The molecule has 1 aromatic carbocycles. The largest absolute Gasteiger partial charge is 0.480 e. The maximum absolute atomic E-state index is 12.4. The molecule has 9 nitrogen and oxygen atoms in total. The number of hydrogen-bond acceptors (Lipinski definition) is 4. The monoisotopic (exact) mass is 394 g/mol. The lowest BCUT2D eigenvalue weighted by molar-refractivity contribution is -0.147. The molecule has 1 aliphatic heterocycles. The highest BCUT2D eigenvalue weighted by molar-refractivity contribution is 7.58. The molecule has 3 atom stereocenters. The molecule has 0 saturated carbocycles. The summed E-state index contributed by atoms with van der Waals surface area (Å²) in [5.41, 5.74) is 9.63. The summed E-state index contributed by atoms with van der Waals surface area (Å²) in [6, 6.07) is 8.00. The van der Waals surface area contributed by atoms with Crippen LogP contribution in [-0.4, -0.2) is 57.7 Å². The summed E-state index contributed by atoms with van der Waals surface area (Å²) >= 11 is 0. The maximum Gasteiger partial charge on any atom is 0.326 e. The number of carboxylic acid groups (broad SMARTS) is 1. The number of hydrogen-bond donors (Lipinski definition) is 2. The average molecular weight is 394 g/mol. The molecule has 10 heteroatoms. The van der Waals surface area contributed by atoms with E-state index in [2.05, 4.69) is 10.0 Å². The molecule has 0 bridgehead atoms. The Bertz CT molecular complexity index is 766. The SMILES string of the molecule is [N-]=[N+]=NC1C[C@@H](C(=O)O)N(C(=O)CP(=O)(O)CCCCc2ccccc2)C1. The van der Waals surface area contributed by atoms with E-state index in [1.807, 2.05) is 30.3 Å². The number of carbonyl (C=O) groups excluding carboxylic acids is 1. The van der Waals surface area contributed by atoms with E-state index in [-0.39, 0.29) is 19.1 Å². The van der Waals surface area contributed by atoms with Gasteiger partial charge in [-0.15, -0.1) is 0 Å². The lowest BCUT2D eigenvalue weighted by atomic mass is 10.1. The summed E-state index contributed by atoms with van der Waals surface area (Å²) < 4.78 is 12.4. The van der Waals surface area contributed by atoms with E-state index in [1.54, 1.807) is 0 Å². The fourth-order valence-corrected chi connectivity index (χ4v) is 4.67. The Labute approximate surface area is 157 Å². The quantitative estimate of drug-likeness (QED) is 0.217. The number of nitrogens with zero attached hydrogens (tertiary/aromatic N) is 4. The van der Waals surface area contributed by atoms with E-state index >= 15 is 0 Å². The van der Waals surface area contributed by atoms with Gasteiger partial charge in [0, 0.05) is 17.6 Å². The summed E-state index contributed by atoms with van der Waals surface area (Å²) in [6.45, 7) is -0.0478. The molecular formula is C17H23N4O5P. The smallest absolute Gasteiger partial charge is 0.326 e.